The van der Waals surface area contributed by atoms with Gasteiger partial charge in [0.25, 0.3) is 0 Å². The van der Waals surface area contributed by atoms with Crippen LogP contribution < -0.4 is 10.6 Å². The molecule has 0 aliphatic carbocycles. The van der Waals surface area contributed by atoms with Gasteiger partial charge in [0.1, 0.15) is 10.7 Å². The molecular formula is C14H22N4S. The summed E-state index contributed by atoms with van der Waals surface area (Å²) in [5.41, 5.74) is 6.40. The van der Waals surface area contributed by atoms with E-state index in [1.807, 2.05) is 0 Å². The molecule has 0 radical (unpaired) electrons. The molecule has 1 aromatic heterocycles. The van der Waals surface area contributed by atoms with Crippen LogP contribution >= 0.6 is 12.2 Å². The van der Waals surface area contributed by atoms with Crippen LogP contribution in [0.5, 0.6) is 0 Å². The summed E-state index contributed by atoms with van der Waals surface area (Å²) >= 11 is 5.07. The van der Waals surface area contributed by atoms with E-state index in [1.54, 1.807) is 12.4 Å². The standard InChI is InChI=1S/C14H22N4S/c1-2-4-11-5-3-9-18(10-6-11)14-12(13(15)19)16-7-8-17-14/h7-8,11H,2-6,9-10H2,1H3,(H2,15,19). The second-order valence-electron chi connectivity index (χ2n) is 5.17. The van der Waals surface area contributed by atoms with Crippen molar-refractivity contribution in [1.29, 1.82) is 0 Å². The number of hydrogen-bond acceptors (Lipinski definition) is 4. The van der Waals surface area contributed by atoms with E-state index in [0.29, 0.717) is 10.7 Å². The van der Waals surface area contributed by atoms with Gasteiger partial charge in [0.2, 0.25) is 0 Å². The molecule has 1 aromatic rings. The molecular weight excluding hydrogens is 256 g/mol. The molecule has 104 valence electrons. The van der Waals surface area contributed by atoms with Gasteiger partial charge in [-0.3, -0.25) is 0 Å². The van der Waals surface area contributed by atoms with Crippen LogP contribution in [-0.2, 0) is 0 Å². The van der Waals surface area contributed by atoms with Crippen molar-refractivity contribution in [2.45, 2.75) is 39.0 Å². The van der Waals surface area contributed by atoms with Gasteiger partial charge in [-0.1, -0.05) is 32.0 Å². The first kappa shape index (κ1) is 14.2. The molecule has 1 atom stereocenters. The minimum Gasteiger partial charge on any atom is -0.388 e. The molecule has 2 N–H and O–H groups in total. The maximum Gasteiger partial charge on any atom is 0.157 e. The summed E-state index contributed by atoms with van der Waals surface area (Å²) in [4.78, 5) is 11.3. The van der Waals surface area contributed by atoms with Crippen molar-refractivity contribution >= 4 is 23.0 Å². The minimum absolute atomic E-state index is 0.331. The molecule has 5 heteroatoms. The number of rotatable bonds is 4. The van der Waals surface area contributed by atoms with E-state index in [9.17, 15) is 0 Å². The smallest absolute Gasteiger partial charge is 0.157 e. The first-order valence-corrected chi connectivity index (χ1v) is 7.49. The Bertz CT molecular complexity index is 435. The van der Waals surface area contributed by atoms with E-state index in [4.69, 9.17) is 18.0 Å². The zero-order valence-electron chi connectivity index (χ0n) is 11.5. The van der Waals surface area contributed by atoms with Crippen LogP contribution in [0.15, 0.2) is 12.4 Å². The molecule has 1 unspecified atom stereocenters. The monoisotopic (exact) mass is 278 g/mol. The van der Waals surface area contributed by atoms with E-state index in [0.717, 1.165) is 24.8 Å². The molecule has 19 heavy (non-hydrogen) atoms. The van der Waals surface area contributed by atoms with E-state index >= 15 is 0 Å². The highest BCUT2D eigenvalue weighted by Gasteiger charge is 2.20. The summed E-state index contributed by atoms with van der Waals surface area (Å²) in [6.07, 6.45) is 9.71. The van der Waals surface area contributed by atoms with Gasteiger partial charge in [-0.2, -0.15) is 0 Å². The highest BCUT2D eigenvalue weighted by molar-refractivity contribution is 7.80. The van der Waals surface area contributed by atoms with Crippen LogP contribution in [0.4, 0.5) is 5.82 Å². The number of anilines is 1. The topological polar surface area (TPSA) is 55.0 Å². The molecule has 0 bridgehead atoms. The summed E-state index contributed by atoms with van der Waals surface area (Å²) in [5.74, 6) is 1.70. The van der Waals surface area contributed by atoms with Crippen molar-refractivity contribution in [2.24, 2.45) is 11.7 Å². The van der Waals surface area contributed by atoms with Gasteiger partial charge in [-0.15, -0.1) is 0 Å². The predicted molar refractivity (Wildman–Crippen MR) is 82.4 cm³/mol. The Hall–Kier alpha value is -1.23. The van der Waals surface area contributed by atoms with Gasteiger partial charge >= 0.3 is 0 Å². The Balaban J connectivity index is 2.12. The summed E-state index contributed by atoms with van der Waals surface area (Å²) in [7, 11) is 0. The third-order valence-electron chi connectivity index (χ3n) is 3.76. The highest BCUT2D eigenvalue weighted by atomic mass is 32.1. The zero-order valence-corrected chi connectivity index (χ0v) is 12.3. The molecule has 2 rings (SSSR count). The Morgan fingerprint density at radius 2 is 2.16 bits per heavy atom. The summed E-state index contributed by atoms with van der Waals surface area (Å²) in [6, 6.07) is 0. The van der Waals surface area contributed by atoms with E-state index in [-0.39, 0.29) is 0 Å². The highest BCUT2D eigenvalue weighted by Crippen LogP contribution is 2.25. The number of thiocarbonyl (C=S) groups is 1. The fourth-order valence-corrected chi connectivity index (χ4v) is 2.95. The van der Waals surface area contributed by atoms with Crippen LogP contribution in [0.3, 0.4) is 0 Å². The van der Waals surface area contributed by atoms with Gasteiger partial charge in [0.15, 0.2) is 5.82 Å². The average molecular weight is 278 g/mol. The van der Waals surface area contributed by atoms with Crippen molar-refractivity contribution < 1.29 is 0 Å². The predicted octanol–water partition coefficient (Wildman–Crippen LogP) is 2.52. The van der Waals surface area contributed by atoms with Gasteiger partial charge in [-0.05, 0) is 25.2 Å². The van der Waals surface area contributed by atoms with Crippen LogP contribution in [0.1, 0.15) is 44.7 Å². The second-order valence-corrected chi connectivity index (χ2v) is 5.61. The first-order valence-electron chi connectivity index (χ1n) is 7.08. The Morgan fingerprint density at radius 1 is 1.37 bits per heavy atom. The Morgan fingerprint density at radius 3 is 2.89 bits per heavy atom. The first-order chi connectivity index (χ1) is 9.22. The van der Waals surface area contributed by atoms with E-state index < -0.39 is 0 Å². The van der Waals surface area contributed by atoms with Crippen LogP contribution in [-0.4, -0.2) is 28.0 Å². The van der Waals surface area contributed by atoms with Crippen molar-refractivity contribution in [3.63, 3.8) is 0 Å². The normalized spacial score (nSPS) is 20.1. The van der Waals surface area contributed by atoms with Crippen LogP contribution in [0, 0.1) is 5.92 Å². The number of hydrogen-bond donors (Lipinski definition) is 1. The lowest BCUT2D eigenvalue weighted by Crippen LogP contribution is -2.29. The van der Waals surface area contributed by atoms with Gasteiger partial charge < -0.3 is 10.6 Å². The lowest BCUT2D eigenvalue weighted by atomic mass is 9.96. The summed E-state index contributed by atoms with van der Waals surface area (Å²) in [6.45, 7) is 4.31. The molecule has 0 amide bonds. The third kappa shape index (κ3) is 3.62. The van der Waals surface area contributed by atoms with Crippen molar-refractivity contribution in [2.75, 3.05) is 18.0 Å². The fourth-order valence-electron chi connectivity index (χ4n) is 2.81. The quantitative estimate of drug-likeness (QED) is 0.858. The lowest BCUT2D eigenvalue weighted by molar-refractivity contribution is 0.435. The number of nitrogens with zero attached hydrogens (tertiary/aromatic N) is 3. The Kier molecular flexibility index (Phi) is 5.07. The fraction of sp³-hybridized carbons (Fsp3) is 0.643. The maximum atomic E-state index is 5.74. The van der Waals surface area contributed by atoms with E-state index in [1.165, 1.54) is 32.1 Å². The van der Waals surface area contributed by atoms with Gasteiger partial charge in [0.05, 0.1) is 0 Å². The molecule has 1 fully saturated rings. The minimum atomic E-state index is 0.331. The van der Waals surface area contributed by atoms with E-state index in [2.05, 4.69) is 21.8 Å². The molecule has 1 aliphatic rings. The maximum absolute atomic E-state index is 5.74. The largest absolute Gasteiger partial charge is 0.388 e. The zero-order chi connectivity index (χ0) is 13.7. The third-order valence-corrected chi connectivity index (χ3v) is 3.95. The lowest BCUT2D eigenvalue weighted by Gasteiger charge is -2.23. The SMILES string of the molecule is CCCC1CCCN(c2nccnc2C(N)=S)CC1. The average Bonchev–Trinajstić information content (AvgIpc) is 2.65. The molecule has 2 heterocycles. The molecule has 0 saturated carbocycles. The molecule has 1 aliphatic heterocycles. The second kappa shape index (κ2) is 6.80. The molecule has 0 aromatic carbocycles. The van der Waals surface area contributed by atoms with Crippen LogP contribution in [0.2, 0.25) is 0 Å². The number of aromatic nitrogens is 2. The van der Waals surface area contributed by atoms with Crippen molar-refractivity contribution in [1.82, 2.24) is 9.97 Å². The molecule has 4 nitrogen and oxygen atoms in total. The van der Waals surface area contributed by atoms with Gasteiger partial charge in [0, 0.05) is 25.5 Å². The number of nitrogens with two attached hydrogens (primary N) is 1. The Labute approximate surface area is 120 Å². The molecule has 1 saturated heterocycles. The van der Waals surface area contributed by atoms with Crippen LogP contribution in [0.25, 0.3) is 0 Å². The molecule has 0 spiro atoms. The van der Waals surface area contributed by atoms with Crippen molar-refractivity contribution in [3.8, 4) is 0 Å². The summed E-state index contributed by atoms with van der Waals surface area (Å²) < 4.78 is 0. The summed E-state index contributed by atoms with van der Waals surface area (Å²) in [5, 5.41) is 0. The van der Waals surface area contributed by atoms with Gasteiger partial charge in [-0.25, -0.2) is 9.97 Å². The van der Waals surface area contributed by atoms with Crippen molar-refractivity contribution in [3.05, 3.63) is 18.1 Å².